The van der Waals surface area contributed by atoms with Gasteiger partial charge < -0.3 is 10.2 Å². The molecule has 0 bridgehead atoms. The van der Waals surface area contributed by atoms with E-state index in [4.69, 9.17) is 10.2 Å². The Kier molecular flexibility index (Phi) is 4.62. The van der Waals surface area contributed by atoms with E-state index < -0.39 is 16.0 Å². The van der Waals surface area contributed by atoms with Crippen molar-refractivity contribution >= 4 is 16.0 Å². The van der Waals surface area contributed by atoms with Crippen LogP contribution in [0.15, 0.2) is 29.2 Å². The molecule has 6 nitrogen and oxygen atoms in total. The largest absolute Gasteiger partial charge is 0.478 e. The van der Waals surface area contributed by atoms with Gasteiger partial charge in [-0.3, -0.25) is 0 Å². The molecular formula is C10H13NO5S. The molecule has 3 N–H and O–H groups in total. The molecule has 1 aromatic rings. The molecule has 0 saturated heterocycles. The lowest BCUT2D eigenvalue weighted by Crippen LogP contribution is -2.25. The molecule has 0 aliphatic rings. The van der Waals surface area contributed by atoms with Crippen molar-refractivity contribution in [3.63, 3.8) is 0 Å². The summed E-state index contributed by atoms with van der Waals surface area (Å²) < 4.78 is 25.6. The molecule has 1 rings (SSSR count). The van der Waals surface area contributed by atoms with E-state index in [1.165, 1.54) is 24.3 Å². The van der Waals surface area contributed by atoms with Gasteiger partial charge in [0.1, 0.15) is 0 Å². The van der Waals surface area contributed by atoms with E-state index >= 15 is 0 Å². The fourth-order valence-corrected chi connectivity index (χ4v) is 2.22. The monoisotopic (exact) mass is 259 g/mol. The summed E-state index contributed by atoms with van der Waals surface area (Å²) in [6.45, 7) is 0.0417. The summed E-state index contributed by atoms with van der Waals surface area (Å²) in [5.41, 5.74) is 0.0271. The van der Waals surface area contributed by atoms with Crippen molar-refractivity contribution in [3.05, 3.63) is 29.8 Å². The summed E-state index contributed by atoms with van der Waals surface area (Å²) in [5.74, 6) is -1.11. The molecule has 94 valence electrons. The van der Waals surface area contributed by atoms with Gasteiger partial charge in [0.05, 0.1) is 10.5 Å². The molecule has 0 aliphatic heterocycles. The minimum atomic E-state index is -3.63. The lowest BCUT2D eigenvalue weighted by Gasteiger charge is -2.05. The fourth-order valence-electron chi connectivity index (χ4n) is 1.15. The SMILES string of the molecule is O=C(O)c1ccc(S(=O)(=O)NCCCO)cc1. The van der Waals surface area contributed by atoms with Crippen molar-refractivity contribution < 1.29 is 23.4 Å². The number of aromatic carboxylic acids is 1. The van der Waals surface area contributed by atoms with Gasteiger partial charge in [0.2, 0.25) is 10.0 Å². The van der Waals surface area contributed by atoms with Crippen molar-refractivity contribution in [2.75, 3.05) is 13.2 Å². The number of hydrogen-bond donors (Lipinski definition) is 3. The standard InChI is InChI=1S/C10H13NO5S/c12-7-1-6-11-17(15,16)9-4-2-8(3-5-9)10(13)14/h2-5,11-12H,1,6-7H2,(H,13,14). The maximum absolute atomic E-state index is 11.6. The molecule has 7 heteroatoms. The van der Waals surface area contributed by atoms with E-state index in [1.54, 1.807) is 0 Å². The van der Waals surface area contributed by atoms with Gasteiger partial charge in [-0.2, -0.15) is 0 Å². The van der Waals surface area contributed by atoms with Gasteiger partial charge in [-0.25, -0.2) is 17.9 Å². The molecule has 0 aliphatic carbocycles. The van der Waals surface area contributed by atoms with E-state index in [9.17, 15) is 13.2 Å². The van der Waals surface area contributed by atoms with Crippen LogP contribution < -0.4 is 4.72 Å². The van der Waals surface area contributed by atoms with Crippen LogP contribution in [0.4, 0.5) is 0 Å². The van der Waals surface area contributed by atoms with Crippen LogP contribution in [0, 0.1) is 0 Å². The highest BCUT2D eigenvalue weighted by molar-refractivity contribution is 7.89. The third kappa shape index (κ3) is 3.81. The quantitative estimate of drug-likeness (QED) is 0.626. The summed E-state index contributed by atoms with van der Waals surface area (Å²) in [5, 5.41) is 17.2. The zero-order valence-electron chi connectivity index (χ0n) is 8.96. The minimum absolute atomic E-state index is 0.000407. The fraction of sp³-hybridized carbons (Fsp3) is 0.300. The zero-order chi connectivity index (χ0) is 12.9. The van der Waals surface area contributed by atoms with Crippen LogP contribution in [0.25, 0.3) is 0 Å². The Bertz CT molecular complexity index is 480. The highest BCUT2D eigenvalue weighted by Gasteiger charge is 2.13. The third-order valence-electron chi connectivity index (χ3n) is 2.04. The number of carbonyl (C=O) groups is 1. The first-order valence-corrected chi connectivity index (χ1v) is 6.39. The maximum atomic E-state index is 11.6. The Morgan fingerprint density at radius 2 is 1.82 bits per heavy atom. The molecule has 17 heavy (non-hydrogen) atoms. The van der Waals surface area contributed by atoms with Crippen LogP contribution in [-0.2, 0) is 10.0 Å². The minimum Gasteiger partial charge on any atom is -0.478 e. The van der Waals surface area contributed by atoms with Crippen molar-refractivity contribution in [3.8, 4) is 0 Å². The summed E-state index contributed by atoms with van der Waals surface area (Å²) in [4.78, 5) is 10.6. The summed E-state index contributed by atoms with van der Waals surface area (Å²) >= 11 is 0. The van der Waals surface area contributed by atoms with Gasteiger partial charge in [0.25, 0.3) is 0 Å². The average Bonchev–Trinajstić information content (AvgIpc) is 2.29. The van der Waals surface area contributed by atoms with Crippen LogP contribution in [-0.4, -0.2) is 37.8 Å². The summed E-state index contributed by atoms with van der Waals surface area (Å²) in [7, 11) is -3.63. The van der Waals surface area contributed by atoms with E-state index in [1.807, 2.05) is 0 Å². The maximum Gasteiger partial charge on any atom is 0.335 e. The lowest BCUT2D eigenvalue weighted by molar-refractivity contribution is 0.0696. The Morgan fingerprint density at radius 1 is 1.24 bits per heavy atom. The zero-order valence-corrected chi connectivity index (χ0v) is 9.77. The van der Waals surface area contributed by atoms with Crippen LogP contribution in [0.5, 0.6) is 0 Å². The van der Waals surface area contributed by atoms with Crippen molar-refractivity contribution in [1.29, 1.82) is 0 Å². The molecule has 0 saturated carbocycles. The molecule has 0 fully saturated rings. The van der Waals surface area contributed by atoms with Crippen molar-refractivity contribution in [1.82, 2.24) is 4.72 Å². The number of aliphatic hydroxyl groups is 1. The molecule has 0 spiro atoms. The number of aliphatic hydroxyl groups excluding tert-OH is 1. The van der Waals surface area contributed by atoms with Crippen molar-refractivity contribution in [2.45, 2.75) is 11.3 Å². The topological polar surface area (TPSA) is 104 Å². The Balaban J connectivity index is 2.81. The molecule has 0 aromatic heterocycles. The molecule has 0 radical (unpaired) electrons. The second-order valence-electron chi connectivity index (χ2n) is 3.30. The second kappa shape index (κ2) is 5.76. The molecule has 0 heterocycles. The third-order valence-corrected chi connectivity index (χ3v) is 3.52. The Hall–Kier alpha value is -1.44. The predicted octanol–water partition coefficient (Wildman–Crippen LogP) is 0.0455. The molecular weight excluding hydrogens is 246 g/mol. The first kappa shape index (κ1) is 13.6. The number of carboxylic acids is 1. The molecule has 0 atom stereocenters. The molecule has 0 unspecified atom stereocenters. The van der Waals surface area contributed by atoms with Gasteiger partial charge in [-0.05, 0) is 30.7 Å². The van der Waals surface area contributed by atoms with Crippen LogP contribution >= 0.6 is 0 Å². The van der Waals surface area contributed by atoms with Gasteiger partial charge in [0, 0.05) is 13.2 Å². The van der Waals surface area contributed by atoms with Crippen LogP contribution in [0.2, 0.25) is 0 Å². The summed E-state index contributed by atoms with van der Waals surface area (Å²) in [6, 6.07) is 4.90. The number of benzene rings is 1. The van der Waals surface area contributed by atoms with Gasteiger partial charge in [-0.1, -0.05) is 0 Å². The lowest BCUT2D eigenvalue weighted by atomic mass is 10.2. The van der Waals surface area contributed by atoms with Gasteiger partial charge in [-0.15, -0.1) is 0 Å². The van der Waals surface area contributed by atoms with Crippen LogP contribution in [0.3, 0.4) is 0 Å². The summed E-state index contributed by atoms with van der Waals surface area (Å²) in [6.07, 6.45) is 0.326. The van der Waals surface area contributed by atoms with E-state index in [0.29, 0.717) is 6.42 Å². The number of carboxylic acid groups (broad SMARTS) is 1. The average molecular weight is 259 g/mol. The van der Waals surface area contributed by atoms with Gasteiger partial charge in [0.15, 0.2) is 0 Å². The van der Waals surface area contributed by atoms with E-state index in [-0.39, 0.29) is 23.6 Å². The number of sulfonamides is 1. The number of nitrogens with one attached hydrogen (secondary N) is 1. The first-order valence-electron chi connectivity index (χ1n) is 4.91. The van der Waals surface area contributed by atoms with Crippen molar-refractivity contribution in [2.24, 2.45) is 0 Å². The van der Waals surface area contributed by atoms with Gasteiger partial charge >= 0.3 is 5.97 Å². The molecule has 0 amide bonds. The predicted molar refractivity (Wildman–Crippen MR) is 60.3 cm³/mol. The Labute approximate surface area is 99.0 Å². The van der Waals surface area contributed by atoms with E-state index in [0.717, 1.165) is 0 Å². The Morgan fingerprint density at radius 3 is 2.29 bits per heavy atom. The van der Waals surface area contributed by atoms with Crippen LogP contribution in [0.1, 0.15) is 16.8 Å². The first-order chi connectivity index (χ1) is 7.97. The number of hydrogen-bond acceptors (Lipinski definition) is 4. The highest BCUT2D eigenvalue weighted by atomic mass is 32.2. The second-order valence-corrected chi connectivity index (χ2v) is 5.07. The molecule has 1 aromatic carbocycles. The smallest absolute Gasteiger partial charge is 0.335 e. The number of rotatable bonds is 6. The highest BCUT2D eigenvalue weighted by Crippen LogP contribution is 2.10. The van der Waals surface area contributed by atoms with E-state index in [2.05, 4.69) is 4.72 Å². The normalized spacial score (nSPS) is 11.4.